The molecule has 8 nitrogen and oxygen atoms in total. The van der Waals surface area contributed by atoms with Crippen LogP contribution in [0.4, 0.5) is 0 Å². The maximum atomic E-state index is 13.4. The number of methoxy groups -OCH3 is 1. The van der Waals surface area contributed by atoms with Crippen LogP contribution in [0, 0.1) is 5.92 Å². The van der Waals surface area contributed by atoms with Crippen molar-refractivity contribution in [3.63, 3.8) is 0 Å². The molecule has 0 saturated heterocycles. The zero-order valence-electron chi connectivity index (χ0n) is 20.5. The first-order valence-corrected chi connectivity index (χ1v) is 13.0. The highest BCUT2D eigenvalue weighted by molar-refractivity contribution is 7.88. The Kier molecular flexibility index (Phi) is 10.1. The molecule has 34 heavy (non-hydrogen) atoms. The Bertz CT molecular complexity index is 1040. The van der Waals surface area contributed by atoms with Gasteiger partial charge in [-0.1, -0.05) is 56.3 Å². The van der Waals surface area contributed by atoms with Crippen molar-refractivity contribution < 1.29 is 22.7 Å². The molecule has 0 aliphatic rings. The maximum Gasteiger partial charge on any atom is 0.247 e. The van der Waals surface area contributed by atoms with Crippen molar-refractivity contribution in [2.24, 2.45) is 5.92 Å². The molecule has 0 heterocycles. The standard InChI is InChI=1S/C25H35N3O5S/c1-19(2)15-16-26-25(30)24(21-9-7-6-8-10-21)28(23(29)18-27(3)34(5,31)32)17-20-11-13-22(33-4)14-12-20/h6-14,19,24H,15-18H2,1-5H3,(H,26,30)/t24-/m0/s1. The lowest BCUT2D eigenvalue weighted by molar-refractivity contribution is -0.141. The topological polar surface area (TPSA) is 96.0 Å². The van der Waals surface area contributed by atoms with Gasteiger partial charge in [0.1, 0.15) is 11.8 Å². The predicted molar refractivity (Wildman–Crippen MR) is 133 cm³/mol. The minimum atomic E-state index is -3.58. The average molecular weight is 490 g/mol. The molecule has 0 radical (unpaired) electrons. The first-order chi connectivity index (χ1) is 16.0. The summed E-state index contributed by atoms with van der Waals surface area (Å²) >= 11 is 0. The Balaban J connectivity index is 2.45. The summed E-state index contributed by atoms with van der Waals surface area (Å²) in [7, 11) is -0.664. The first-order valence-electron chi connectivity index (χ1n) is 11.2. The van der Waals surface area contributed by atoms with E-state index in [4.69, 9.17) is 4.74 Å². The second-order valence-corrected chi connectivity index (χ2v) is 10.8. The fourth-order valence-electron chi connectivity index (χ4n) is 3.34. The van der Waals surface area contributed by atoms with Crippen molar-refractivity contribution in [2.45, 2.75) is 32.9 Å². The lowest BCUT2D eigenvalue weighted by atomic mass is 10.0. The summed E-state index contributed by atoms with van der Waals surface area (Å²) in [6.07, 6.45) is 1.85. The van der Waals surface area contributed by atoms with E-state index in [2.05, 4.69) is 19.2 Å². The molecule has 2 aromatic carbocycles. The highest BCUT2D eigenvalue weighted by Gasteiger charge is 2.32. The summed E-state index contributed by atoms with van der Waals surface area (Å²) in [6.45, 7) is 4.37. The van der Waals surface area contributed by atoms with Gasteiger partial charge in [-0.15, -0.1) is 0 Å². The molecular weight excluding hydrogens is 454 g/mol. The van der Waals surface area contributed by atoms with Crippen molar-refractivity contribution >= 4 is 21.8 Å². The van der Waals surface area contributed by atoms with Crippen LogP contribution in [-0.4, -0.2) is 62.9 Å². The van der Waals surface area contributed by atoms with Gasteiger partial charge in [0.2, 0.25) is 21.8 Å². The van der Waals surface area contributed by atoms with Gasteiger partial charge in [-0.05, 0) is 35.6 Å². The Morgan fingerprint density at radius 2 is 1.65 bits per heavy atom. The quantitative estimate of drug-likeness (QED) is 0.495. The van der Waals surface area contributed by atoms with Crippen LogP contribution >= 0.6 is 0 Å². The molecule has 0 aliphatic carbocycles. The Hall–Kier alpha value is -2.91. The Labute approximate surface area is 202 Å². The maximum absolute atomic E-state index is 13.4. The van der Waals surface area contributed by atoms with Gasteiger partial charge in [0.15, 0.2) is 0 Å². The number of likely N-dealkylation sites (N-methyl/N-ethyl adjacent to an activating group) is 1. The van der Waals surface area contributed by atoms with Crippen LogP contribution in [0.25, 0.3) is 0 Å². The van der Waals surface area contributed by atoms with E-state index in [0.717, 1.165) is 22.5 Å². The number of carbonyl (C=O) groups is 2. The van der Waals surface area contributed by atoms with Crippen LogP contribution in [0.2, 0.25) is 0 Å². The number of sulfonamides is 1. The van der Waals surface area contributed by atoms with Gasteiger partial charge < -0.3 is 15.0 Å². The molecule has 0 aliphatic heterocycles. The van der Waals surface area contributed by atoms with Crippen molar-refractivity contribution in [3.8, 4) is 5.75 Å². The number of hydrogen-bond donors (Lipinski definition) is 1. The number of carbonyl (C=O) groups excluding carboxylic acids is 2. The number of ether oxygens (including phenoxy) is 1. The van der Waals surface area contributed by atoms with Gasteiger partial charge in [0.25, 0.3) is 0 Å². The van der Waals surface area contributed by atoms with E-state index in [-0.39, 0.29) is 19.0 Å². The summed E-state index contributed by atoms with van der Waals surface area (Å²) in [5.41, 5.74) is 1.43. The van der Waals surface area contributed by atoms with E-state index in [9.17, 15) is 18.0 Å². The van der Waals surface area contributed by atoms with E-state index in [1.54, 1.807) is 31.4 Å². The lowest BCUT2D eigenvalue weighted by Crippen LogP contribution is -2.47. The Morgan fingerprint density at radius 1 is 1.03 bits per heavy atom. The summed E-state index contributed by atoms with van der Waals surface area (Å²) in [5.74, 6) is 0.299. The van der Waals surface area contributed by atoms with Gasteiger partial charge in [-0.25, -0.2) is 8.42 Å². The van der Waals surface area contributed by atoms with Crippen molar-refractivity contribution in [1.29, 1.82) is 0 Å². The van der Waals surface area contributed by atoms with Gasteiger partial charge in [0, 0.05) is 20.1 Å². The molecule has 0 unspecified atom stereocenters. The highest BCUT2D eigenvalue weighted by atomic mass is 32.2. The number of rotatable bonds is 12. The Morgan fingerprint density at radius 3 is 2.18 bits per heavy atom. The zero-order chi connectivity index (χ0) is 25.3. The van der Waals surface area contributed by atoms with Crippen LogP contribution in [0.15, 0.2) is 54.6 Å². The summed E-state index contributed by atoms with van der Waals surface area (Å²) in [4.78, 5) is 28.3. The summed E-state index contributed by atoms with van der Waals surface area (Å²) in [6, 6.07) is 15.3. The van der Waals surface area contributed by atoms with Crippen LogP contribution in [-0.2, 0) is 26.2 Å². The smallest absolute Gasteiger partial charge is 0.247 e. The minimum Gasteiger partial charge on any atom is -0.497 e. The summed E-state index contributed by atoms with van der Waals surface area (Å²) < 4.78 is 30.1. The molecule has 2 aromatic rings. The predicted octanol–water partition coefficient (Wildman–Crippen LogP) is 2.82. The van der Waals surface area contributed by atoms with Crippen molar-refractivity contribution in [1.82, 2.24) is 14.5 Å². The molecule has 2 rings (SSSR count). The molecule has 0 fully saturated rings. The molecule has 0 aromatic heterocycles. The second-order valence-electron chi connectivity index (χ2n) is 8.68. The molecule has 1 atom stereocenters. The largest absolute Gasteiger partial charge is 0.497 e. The molecule has 9 heteroatoms. The highest BCUT2D eigenvalue weighted by Crippen LogP contribution is 2.25. The summed E-state index contributed by atoms with van der Waals surface area (Å²) in [5, 5.41) is 2.95. The molecule has 0 bridgehead atoms. The van der Waals surface area contributed by atoms with E-state index < -0.39 is 22.0 Å². The third-order valence-corrected chi connectivity index (χ3v) is 6.71. The van der Waals surface area contributed by atoms with Crippen LogP contribution < -0.4 is 10.1 Å². The van der Waals surface area contributed by atoms with Gasteiger partial charge in [0.05, 0.1) is 19.9 Å². The number of nitrogens with one attached hydrogen (secondary N) is 1. The van der Waals surface area contributed by atoms with E-state index in [0.29, 0.717) is 23.8 Å². The molecule has 186 valence electrons. The van der Waals surface area contributed by atoms with Crippen molar-refractivity contribution in [3.05, 3.63) is 65.7 Å². The SMILES string of the molecule is COc1ccc(CN(C(=O)CN(C)S(C)(=O)=O)[C@H](C(=O)NCCC(C)C)c2ccccc2)cc1. The van der Waals surface area contributed by atoms with E-state index in [1.807, 2.05) is 30.3 Å². The second kappa shape index (κ2) is 12.5. The molecular formula is C25H35N3O5S. The minimum absolute atomic E-state index is 0.123. The third-order valence-electron chi connectivity index (χ3n) is 5.45. The van der Waals surface area contributed by atoms with Crippen LogP contribution in [0.5, 0.6) is 5.75 Å². The fraction of sp³-hybridized carbons (Fsp3) is 0.440. The van der Waals surface area contributed by atoms with E-state index >= 15 is 0 Å². The normalized spacial score (nSPS) is 12.4. The molecule has 1 N–H and O–H groups in total. The van der Waals surface area contributed by atoms with Gasteiger partial charge in [-0.3, -0.25) is 9.59 Å². The third kappa shape index (κ3) is 8.14. The number of hydrogen-bond acceptors (Lipinski definition) is 5. The van der Waals surface area contributed by atoms with Crippen LogP contribution in [0.1, 0.15) is 37.4 Å². The zero-order valence-corrected chi connectivity index (χ0v) is 21.3. The number of amides is 2. The monoisotopic (exact) mass is 489 g/mol. The van der Waals surface area contributed by atoms with Crippen LogP contribution in [0.3, 0.4) is 0 Å². The number of benzene rings is 2. The van der Waals surface area contributed by atoms with Gasteiger partial charge in [-0.2, -0.15) is 4.31 Å². The molecule has 0 saturated carbocycles. The van der Waals surface area contributed by atoms with Gasteiger partial charge >= 0.3 is 0 Å². The van der Waals surface area contributed by atoms with E-state index in [1.165, 1.54) is 11.9 Å². The van der Waals surface area contributed by atoms with Crippen molar-refractivity contribution in [2.75, 3.05) is 33.5 Å². The first kappa shape index (κ1) is 27.3. The average Bonchev–Trinajstić information content (AvgIpc) is 2.79. The number of nitrogens with zero attached hydrogens (tertiary/aromatic N) is 2. The fourth-order valence-corrected chi connectivity index (χ4v) is 3.68. The molecule has 0 spiro atoms. The lowest BCUT2D eigenvalue weighted by Gasteiger charge is -2.32. The molecule has 2 amide bonds.